The zero-order chi connectivity index (χ0) is 13.5. The van der Waals surface area contributed by atoms with Crippen LogP contribution in [0, 0.1) is 0 Å². The molecular formula is C10H16F3NO3. The number of carbonyl (C=O) groups is 2. The highest BCUT2D eigenvalue weighted by Gasteiger charge is 2.32. The van der Waals surface area contributed by atoms with Crippen molar-refractivity contribution in [2.45, 2.75) is 32.4 Å². The summed E-state index contributed by atoms with van der Waals surface area (Å²) in [5.41, 5.74) is 0. The van der Waals surface area contributed by atoms with E-state index in [9.17, 15) is 22.8 Å². The van der Waals surface area contributed by atoms with Crippen molar-refractivity contribution in [2.24, 2.45) is 0 Å². The molecule has 0 spiro atoms. The van der Waals surface area contributed by atoms with Crippen LogP contribution in [0.15, 0.2) is 0 Å². The Kier molecular flexibility index (Phi) is 6.60. The second kappa shape index (κ2) is 7.13. The van der Waals surface area contributed by atoms with Gasteiger partial charge >= 0.3 is 12.1 Å². The van der Waals surface area contributed by atoms with Gasteiger partial charge in [-0.1, -0.05) is 6.92 Å². The highest BCUT2D eigenvalue weighted by atomic mass is 19.4. The molecule has 100 valence electrons. The van der Waals surface area contributed by atoms with Crippen LogP contribution in [0.3, 0.4) is 0 Å². The minimum Gasteiger partial charge on any atom is -0.469 e. The molecule has 0 aliphatic carbocycles. The van der Waals surface area contributed by atoms with Crippen LogP contribution >= 0.6 is 0 Å². The molecule has 7 heteroatoms. The Morgan fingerprint density at radius 2 is 1.82 bits per heavy atom. The van der Waals surface area contributed by atoms with Crippen molar-refractivity contribution in [3.8, 4) is 0 Å². The van der Waals surface area contributed by atoms with E-state index < -0.39 is 24.6 Å². The van der Waals surface area contributed by atoms with Crippen LogP contribution in [-0.2, 0) is 14.3 Å². The summed E-state index contributed by atoms with van der Waals surface area (Å²) in [7, 11) is 1.14. The van der Waals surface area contributed by atoms with Gasteiger partial charge in [-0.2, -0.15) is 13.2 Å². The highest BCUT2D eigenvalue weighted by molar-refractivity contribution is 5.77. The van der Waals surface area contributed by atoms with E-state index in [4.69, 9.17) is 0 Å². The van der Waals surface area contributed by atoms with Crippen LogP contribution in [0.2, 0.25) is 0 Å². The molecule has 0 N–H and O–H groups in total. The number of alkyl halides is 3. The standard InChI is InChI=1S/C10H16F3NO3/c1-3-4-8(15)14(7-10(11,12)13)6-5-9(16)17-2/h3-7H2,1-2H3. The molecule has 0 fully saturated rings. The molecule has 0 rings (SSSR count). The maximum absolute atomic E-state index is 12.2. The Morgan fingerprint density at radius 3 is 2.24 bits per heavy atom. The Labute approximate surface area is 97.7 Å². The van der Waals surface area contributed by atoms with Gasteiger partial charge in [-0.25, -0.2) is 0 Å². The van der Waals surface area contributed by atoms with Crippen molar-refractivity contribution >= 4 is 11.9 Å². The third-order valence-electron chi connectivity index (χ3n) is 2.00. The minimum atomic E-state index is -4.46. The monoisotopic (exact) mass is 255 g/mol. The van der Waals surface area contributed by atoms with Gasteiger partial charge in [-0.3, -0.25) is 9.59 Å². The largest absolute Gasteiger partial charge is 0.469 e. The number of amides is 1. The maximum Gasteiger partial charge on any atom is 0.406 e. The van der Waals surface area contributed by atoms with Crippen LogP contribution in [0.1, 0.15) is 26.2 Å². The maximum atomic E-state index is 12.2. The quantitative estimate of drug-likeness (QED) is 0.679. The SMILES string of the molecule is CCCC(=O)N(CCC(=O)OC)CC(F)(F)F. The van der Waals surface area contributed by atoms with Crippen LogP contribution in [0.4, 0.5) is 13.2 Å². The minimum absolute atomic E-state index is 0.0389. The van der Waals surface area contributed by atoms with Crippen molar-refractivity contribution < 1.29 is 27.5 Å². The number of rotatable bonds is 6. The van der Waals surface area contributed by atoms with Gasteiger partial charge in [0, 0.05) is 13.0 Å². The van der Waals surface area contributed by atoms with E-state index >= 15 is 0 Å². The molecule has 0 saturated heterocycles. The molecule has 0 radical (unpaired) electrons. The third-order valence-corrected chi connectivity index (χ3v) is 2.00. The topological polar surface area (TPSA) is 46.6 Å². The van der Waals surface area contributed by atoms with Crippen LogP contribution in [0.5, 0.6) is 0 Å². The van der Waals surface area contributed by atoms with Gasteiger partial charge in [0.05, 0.1) is 13.5 Å². The number of hydrogen-bond donors (Lipinski definition) is 0. The van der Waals surface area contributed by atoms with E-state index in [1.54, 1.807) is 6.92 Å². The number of carbonyl (C=O) groups excluding carboxylic acids is 2. The first-order valence-corrected chi connectivity index (χ1v) is 5.21. The molecule has 0 bridgehead atoms. The average Bonchev–Trinajstić information content (AvgIpc) is 2.22. The van der Waals surface area contributed by atoms with Crippen molar-refractivity contribution in [2.75, 3.05) is 20.2 Å². The number of ether oxygens (including phenoxy) is 1. The first-order chi connectivity index (χ1) is 7.80. The summed E-state index contributed by atoms with van der Waals surface area (Å²) >= 11 is 0. The van der Waals surface area contributed by atoms with Crippen LogP contribution in [-0.4, -0.2) is 43.2 Å². The lowest BCUT2D eigenvalue weighted by molar-refractivity contribution is -0.162. The Morgan fingerprint density at radius 1 is 1.24 bits per heavy atom. The second-order valence-electron chi connectivity index (χ2n) is 3.51. The highest BCUT2D eigenvalue weighted by Crippen LogP contribution is 2.17. The molecule has 0 aromatic carbocycles. The number of hydrogen-bond acceptors (Lipinski definition) is 3. The van der Waals surface area contributed by atoms with E-state index in [0.29, 0.717) is 11.3 Å². The zero-order valence-corrected chi connectivity index (χ0v) is 9.84. The van der Waals surface area contributed by atoms with E-state index in [0.717, 1.165) is 7.11 Å². The molecule has 0 aromatic rings. The van der Waals surface area contributed by atoms with Crippen LogP contribution < -0.4 is 0 Å². The lowest BCUT2D eigenvalue weighted by Crippen LogP contribution is -2.40. The van der Waals surface area contributed by atoms with Gasteiger partial charge in [-0.15, -0.1) is 0 Å². The summed E-state index contributed by atoms with van der Waals surface area (Å²) in [5.74, 6) is -1.24. The van der Waals surface area contributed by atoms with Gasteiger partial charge in [-0.05, 0) is 6.42 Å². The molecular weight excluding hydrogens is 239 g/mol. The predicted octanol–water partition coefficient (Wildman–Crippen LogP) is 1.74. The van der Waals surface area contributed by atoms with E-state index in [1.165, 1.54) is 0 Å². The summed E-state index contributed by atoms with van der Waals surface area (Å²) in [5, 5.41) is 0. The normalized spacial score (nSPS) is 11.1. The molecule has 0 aromatic heterocycles. The summed E-state index contributed by atoms with van der Waals surface area (Å²) in [6, 6.07) is 0. The molecule has 0 unspecified atom stereocenters. The lowest BCUT2D eigenvalue weighted by Gasteiger charge is -2.23. The first kappa shape index (κ1) is 15.7. The zero-order valence-electron chi connectivity index (χ0n) is 9.84. The van der Waals surface area contributed by atoms with Gasteiger partial charge in [0.25, 0.3) is 0 Å². The average molecular weight is 255 g/mol. The Bertz CT molecular complexity index is 266. The predicted molar refractivity (Wildman–Crippen MR) is 54.2 cm³/mol. The number of halogens is 3. The van der Waals surface area contributed by atoms with Crippen molar-refractivity contribution in [3.63, 3.8) is 0 Å². The number of esters is 1. The first-order valence-electron chi connectivity index (χ1n) is 5.21. The Hall–Kier alpha value is -1.27. The number of nitrogens with zero attached hydrogens (tertiary/aromatic N) is 1. The molecule has 0 aliphatic rings. The van der Waals surface area contributed by atoms with E-state index in [1.807, 2.05) is 0 Å². The van der Waals surface area contributed by atoms with Gasteiger partial charge in [0.1, 0.15) is 6.54 Å². The third kappa shape index (κ3) is 7.59. The fourth-order valence-corrected chi connectivity index (χ4v) is 1.21. The summed E-state index contributed by atoms with van der Waals surface area (Å²) in [4.78, 5) is 22.9. The van der Waals surface area contributed by atoms with E-state index in [-0.39, 0.29) is 19.4 Å². The van der Waals surface area contributed by atoms with Gasteiger partial charge in [0.15, 0.2) is 0 Å². The van der Waals surface area contributed by atoms with Gasteiger partial charge < -0.3 is 9.64 Å². The summed E-state index contributed by atoms with van der Waals surface area (Å²) in [6.07, 6.45) is -4.19. The lowest BCUT2D eigenvalue weighted by atomic mass is 10.2. The fourth-order valence-electron chi connectivity index (χ4n) is 1.21. The van der Waals surface area contributed by atoms with Crippen molar-refractivity contribution in [1.29, 1.82) is 0 Å². The molecule has 0 atom stereocenters. The van der Waals surface area contributed by atoms with Crippen LogP contribution in [0.25, 0.3) is 0 Å². The number of methoxy groups -OCH3 is 1. The van der Waals surface area contributed by atoms with E-state index in [2.05, 4.69) is 4.74 Å². The molecule has 0 heterocycles. The molecule has 0 saturated carbocycles. The summed E-state index contributed by atoms with van der Waals surface area (Å²) < 4.78 is 40.9. The molecule has 0 aliphatic heterocycles. The van der Waals surface area contributed by atoms with Crippen molar-refractivity contribution in [1.82, 2.24) is 4.90 Å². The van der Waals surface area contributed by atoms with Crippen molar-refractivity contribution in [3.05, 3.63) is 0 Å². The Balaban J connectivity index is 4.40. The smallest absolute Gasteiger partial charge is 0.406 e. The fraction of sp³-hybridized carbons (Fsp3) is 0.800. The van der Waals surface area contributed by atoms with Gasteiger partial charge in [0.2, 0.25) is 5.91 Å². The molecule has 1 amide bonds. The second-order valence-corrected chi connectivity index (χ2v) is 3.51. The molecule has 17 heavy (non-hydrogen) atoms. The molecule has 4 nitrogen and oxygen atoms in total. The summed E-state index contributed by atoms with van der Waals surface area (Å²) in [6.45, 7) is 0.0951.